The Balaban J connectivity index is 2.67. The Hall–Kier alpha value is -1.04. The first-order valence-corrected chi connectivity index (χ1v) is 5.87. The van der Waals surface area contributed by atoms with Gasteiger partial charge in [-0.3, -0.25) is 9.59 Å². The topological polar surface area (TPSA) is 63.7 Å². The molecule has 0 aromatic rings. The molecule has 0 unspecified atom stereocenters. The lowest BCUT2D eigenvalue weighted by Crippen LogP contribution is -2.33. The minimum absolute atomic E-state index is 0.195. The van der Waals surface area contributed by atoms with Crippen LogP contribution in [-0.4, -0.2) is 40.6 Å². The molecule has 0 saturated carbocycles. The number of ether oxygens (including phenoxy) is 1. The van der Waals surface area contributed by atoms with Crippen molar-refractivity contribution in [2.24, 2.45) is 5.92 Å². The summed E-state index contributed by atoms with van der Waals surface area (Å²) in [5.74, 6) is -0.818. The summed E-state index contributed by atoms with van der Waals surface area (Å²) in [6, 6.07) is -0.572. The van der Waals surface area contributed by atoms with Crippen molar-refractivity contribution in [3.8, 4) is 0 Å². The second-order valence-corrected chi connectivity index (χ2v) is 5.49. The van der Waals surface area contributed by atoms with Crippen molar-refractivity contribution >= 4 is 30.1 Å². The van der Waals surface area contributed by atoms with Crippen LogP contribution in [0.1, 0.15) is 27.2 Å². The first-order chi connectivity index (χ1) is 7.74. The van der Waals surface area contributed by atoms with Crippen LogP contribution in [0.5, 0.6) is 0 Å². The SMILES string of the molecule is CC(C)(C)OC(=O)[C@H]1C[C@@H](C=O)N(C(=O)S)C1. The molecule has 0 radical (unpaired) electrons. The Morgan fingerprint density at radius 2 is 2.00 bits per heavy atom. The number of nitrogens with zero attached hydrogens (tertiary/aromatic N) is 1. The van der Waals surface area contributed by atoms with E-state index in [2.05, 4.69) is 12.6 Å². The van der Waals surface area contributed by atoms with Gasteiger partial charge in [-0.15, -0.1) is 0 Å². The Kier molecular flexibility index (Phi) is 4.19. The highest BCUT2D eigenvalue weighted by Gasteiger charge is 2.39. The number of likely N-dealkylation sites (tertiary alicyclic amines) is 1. The monoisotopic (exact) mass is 259 g/mol. The minimum atomic E-state index is -0.572. The molecule has 5 nitrogen and oxygen atoms in total. The minimum Gasteiger partial charge on any atom is -0.460 e. The molecule has 1 amide bonds. The Morgan fingerprint density at radius 3 is 2.35 bits per heavy atom. The molecular formula is C11H17NO4S. The van der Waals surface area contributed by atoms with Gasteiger partial charge in [0, 0.05) is 6.54 Å². The van der Waals surface area contributed by atoms with Crippen LogP contribution in [0.2, 0.25) is 0 Å². The quantitative estimate of drug-likeness (QED) is 0.461. The van der Waals surface area contributed by atoms with Gasteiger partial charge in [-0.25, -0.2) is 0 Å². The maximum atomic E-state index is 11.8. The van der Waals surface area contributed by atoms with Gasteiger partial charge in [-0.05, 0) is 27.2 Å². The van der Waals surface area contributed by atoms with Crippen molar-refractivity contribution in [1.29, 1.82) is 0 Å². The number of thiol groups is 1. The molecule has 1 fully saturated rings. The van der Waals surface area contributed by atoms with Crippen molar-refractivity contribution in [3.63, 3.8) is 0 Å². The summed E-state index contributed by atoms with van der Waals surface area (Å²) in [7, 11) is 0. The zero-order valence-corrected chi connectivity index (χ0v) is 11.1. The summed E-state index contributed by atoms with van der Waals surface area (Å²) in [4.78, 5) is 35.0. The molecule has 0 bridgehead atoms. The maximum absolute atomic E-state index is 11.8. The molecule has 0 aromatic carbocycles. The van der Waals surface area contributed by atoms with E-state index in [4.69, 9.17) is 4.74 Å². The number of rotatable bonds is 2. The first-order valence-electron chi connectivity index (χ1n) is 5.42. The predicted octanol–water partition coefficient (Wildman–Crippen LogP) is 1.27. The van der Waals surface area contributed by atoms with Gasteiger partial charge in [0.2, 0.25) is 0 Å². The van der Waals surface area contributed by atoms with Crippen LogP contribution in [0.15, 0.2) is 0 Å². The lowest BCUT2D eigenvalue weighted by molar-refractivity contribution is -0.159. The number of hydrogen-bond acceptors (Lipinski definition) is 4. The van der Waals surface area contributed by atoms with Crippen LogP contribution in [0.3, 0.4) is 0 Å². The van der Waals surface area contributed by atoms with Crippen LogP contribution < -0.4 is 0 Å². The second kappa shape index (κ2) is 5.08. The van der Waals surface area contributed by atoms with Crippen molar-refractivity contribution < 1.29 is 19.1 Å². The van der Waals surface area contributed by atoms with Gasteiger partial charge in [0.25, 0.3) is 5.24 Å². The van der Waals surface area contributed by atoms with Gasteiger partial charge in [0.15, 0.2) is 0 Å². The first kappa shape index (κ1) is 14.0. The number of carbonyl (C=O) groups is 3. The van der Waals surface area contributed by atoms with E-state index in [1.54, 1.807) is 20.8 Å². The number of aldehydes is 1. The smallest absolute Gasteiger partial charge is 0.311 e. The van der Waals surface area contributed by atoms with Gasteiger partial charge in [-0.2, -0.15) is 0 Å². The lowest BCUT2D eigenvalue weighted by Gasteiger charge is -2.22. The summed E-state index contributed by atoms with van der Waals surface area (Å²) in [6.45, 7) is 5.52. The van der Waals surface area contributed by atoms with Crippen LogP contribution in [-0.2, 0) is 14.3 Å². The Morgan fingerprint density at radius 1 is 1.41 bits per heavy atom. The van der Waals surface area contributed by atoms with Gasteiger partial charge in [-0.1, -0.05) is 12.6 Å². The zero-order chi connectivity index (χ0) is 13.2. The standard InChI is InChI=1S/C11H17NO4S/c1-11(2,3)16-9(14)7-4-8(6-13)12(5-7)10(15)17/h6-8H,4-5H2,1-3H3,(H,15,17)/t7-,8-/m0/s1. The normalized spacial score (nSPS) is 24.6. The highest BCUT2D eigenvalue weighted by atomic mass is 32.1. The molecular weight excluding hydrogens is 242 g/mol. The van der Waals surface area contributed by atoms with E-state index >= 15 is 0 Å². The summed E-state index contributed by atoms with van der Waals surface area (Å²) < 4.78 is 5.22. The average molecular weight is 259 g/mol. The number of amides is 1. The van der Waals surface area contributed by atoms with E-state index in [1.807, 2.05) is 0 Å². The average Bonchev–Trinajstić information content (AvgIpc) is 2.58. The van der Waals surface area contributed by atoms with Gasteiger partial charge in [0.05, 0.1) is 12.0 Å². The van der Waals surface area contributed by atoms with Crippen molar-refractivity contribution in [2.45, 2.75) is 38.8 Å². The van der Waals surface area contributed by atoms with Crippen molar-refractivity contribution in [2.75, 3.05) is 6.54 Å². The van der Waals surface area contributed by atoms with Crippen LogP contribution in [0, 0.1) is 5.92 Å². The Labute approximate surface area is 106 Å². The summed E-state index contributed by atoms with van der Waals surface area (Å²) in [6.07, 6.45) is 0.975. The van der Waals surface area contributed by atoms with E-state index in [1.165, 1.54) is 4.90 Å². The van der Waals surface area contributed by atoms with Gasteiger partial charge >= 0.3 is 5.97 Å². The molecule has 1 saturated heterocycles. The zero-order valence-electron chi connectivity index (χ0n) is 10.2. The lowest BCUT2D eigenvalue weighted by atomic mass is 10.1. The fourth-order valence-electron chi connectivity index (χ4n) is 1.77. The third-order valence-electron chi connectivity index (χ3n) is 2.49. The van der Waals surface area contributed by atoms with Crippen LogP contribution in [0.25, 0.3) is 0 Å². The largest absolute Gasteiger partial charge is 0.460 e. The van der Waals surface area contributed by atoms with E-state index in [9.17, 15) is 14.4 Å². The van der Waals surface area contributed by atoms with Gasteiger partial charge in [0.1, 0.15) is 11.9 Å². The number of carbonyl (C=O) groups excluding carboxylic acids is 3. The Bertz CT molecular complexity index is 337. The van der Waals surface area contributed by atoms with E-state index in [0.717, 1.165) is 0 Å². The number of hydrogen-bond donors (Lipinski definition) is 1. The van der Waals surface area contributed by atoms with Gasteiger partial charge < -0.3 is 14.4 Å². The highest BCUT2D eigenvalue weighted by Crippen LogP contribution is 2.26. The molecule has 6 heteroatoms. The van der Waals surface area contributed by atoms with E-state index in [0.29, 0.717) is 12.7 Å². The van der Waals surface area contributed by atoms with E-state index in [-0.39, 0.29) is 12.5 Å². The molecule has 1 aliphatic rings. The highest BCUT2D eigenvalue weighted by molar-refractivity contribution is 7.96. The summed E-state index contributed by atoms with van der Waals surface area (Å²) in [5, 5.41) is -0.492. The predicted molar refractivity (Wildman–Crippen MR) is 64.9 cm³/mol. The van der Waals surface area contributed by atoms with Crippen molar-refractivity contribution in [3.05, 3.63) is 0 Å². The third kappa shape index (κ3) is 3.73. The van der Waals surface area contributed by atoms with Crippen LogP contribution in [0.4, 0.5) is 4.79 Å². The molecule has 17 heavy (non-hydrogen) atoms. The molecule has 0 aromatic heterocycles. The molecule has 0 N–H and O–H groups in total. The molecule has 0 aliphatic carbocycles. The van der Waals surface area contributed by atoms with Crippen molar-refractivity contribution in [1.82, 2.24) is 4.90 Å². The summed E-state index contributed by atoms with van der Waals surface area (Å²) >= 11 is 3.68. The molecule has 96 valence electrons. The molecule has 1 aliphatic heterocycles. The molecule has 2 atom stereocenters. The fraction of sp³-hybridized carbons (Fsp3) is 0.727. The molecule has 1 rings (SSSR count). The second-order valence-electron chi connectivity index (χ2n) is 5.10. The van der Waals surface area contributed by atoms with E-state index < -0.39 is 22.8 Å². The maximum Gasteiger partial charge on any atom is 0.311 e. The van der Waals surface area contributed by atoms with Crippen LogP contribution >= 0.6 is 12.6 Å². The molecule has 0 spiro atoms. The summed E-state index contributed by atoms with van der Waals surface area (Å²) in [5.41, 5.74) is -0.563. The third-order valence-corrected chi connectivity index (χ3v) is 2.74. The molecule has 1 heterocycles. The fourth-order valence-corrected chi connectivity index (χ4v) is 2.00. The number of esters is 1.